The summed E-state index contributed by atoms with van der Waals surface area (Å²) in [5.41, 5.74) is 1.33. The van der Waals surface area contributed by atoms with Crippen LogP contribution in [0.1, 0.15) is 26.7 Å². The Labute approximate surface area is 210 Å². The number of halogens is 1. The summed E-state index contributed by atoms with van der Waals surface area (Å²) < 4.78 is 4.96. The summed E-state index contributed by atoms with van der Waals surface area (Å²) in [5.74, 6) is 1.03. The van der Waals surface area contributed by atoms with Crippen LogP contribution in [0.25, 0.3) is 0 Å². The zero-order valence-corrected chi connectivity index (χ0v) is 22.2. The Balaban J connectivity index is 0.00000363. The number of ether oxygens (including phenoxy) is 1. The molecule has 2 fully saturated rings. The van der Waals surface area contributed by atoms with E-state index in [1.807, 2.05) is 0 Å². The second-order valence-electron chi connectivity index (χ2n) is 8.62. The van der Waals surface area contributed by atoms with Crippen LogP contribution in [0.3, 0.4) is 0 Å². The van der Waals surface area contributed by atoms with Gasteiger partial charge in [0.1, 0.15) is 0 Å². The fourth-order valence-corrected chi connectivity index (χ4v) is 4.52. The van der Waals surface area contributed by atoms with Crippen molar-refractivity contribution in [2.24, 2.45) is 16.8 Å². The molecule has 0 saturated carbocycles. The van der Waals surface area contributed by atoms with Crippen LogP contribution in [0.4, 0.5) is 5.69 Å². The van der Waals surface area contributed by atoms with Crippen molar-refractivity contribution in [1.82, 2.24) is 15.1 Å². The molecule has 3 rings (SSSR count). The number of guanidine groups is 1. The van der Waals surface area contributed by atoms with Crippen LogP contribution in [0, 0.1) is 11.8 Å². The molecule has 0 amide bonds. The second kappa shape index (κ2) is 13.9. The lowest BCUT2D eigenvalue weighted by Crippen LogP contribution is -2.46. The normalized spacial score (nSPS) is 21.9. The molecular formula is C24H40IN5O2. The van der Waals surface area contributed by atoms with E-state index in [-0.39, 0.29) is 41.8 Å². The zero-order valence-electron chi connectivity index (χ0n) is 19.8. The lowest BCUT2D eigenvalue weighted by atomic mass is 9.99. The van der Waals surface area contributed by atoms with Crippen LogP contribution in [-0.4, -0.2) is 87.7 Å². The van der Waals surface area contributed by atoms with Crippen LogP contribution in [-0.2, 0) is 9.53 Å². The fourth-order valence-electron chi connectivity index (χ4n) is 4.52. The summed E-state index contributed by atoms with van der Waals surface area (Å²) in [6, 6.07) is 10.7. The molecule has 32 heavy (non-hydrogen) atoms. The minimum Gasteiger partial charge on any atom is -0.469 e. The highest BCUT2D eigenvalue weighted by Gasteiger charge is 2.36. The molecule has 2 atom stereocenters. The quantitative estimate of drug-likeness (QED) is 0.175. The summed E-state index contributed by atoms with van der Waals surface area (Å²) in [6.07, 6.45) is 2.24. The number of esters is 1. The van der Waals surface area contributed by atoms with E-state index in [9.17, 15) is 4.79 Å². The van der Waals surface area contributed by atoms with Crippen molar-refractivity contribution in [3.05, 3.63) is 30.3 Å². The van der Waals surface area contributed by atoms with E-state index in [0.717, 1.165) is 71.2 Å². The number of aliphatic imine (C=N–C) groups is 1. The average Bonchev–Trinajstić information content (AvgIpc) is 3.20. The largest absolute Gasteiger partial charge is 0.469 e. The molecular weight excluding hydrogens is 517 g/mol. The standard InChI is InChI=1S/C24H39N5O2.HI/c1-4-25-24(29-18-20(2)22(19-29)23(30)31-3)26-12-8-9-13-27-14-16-28(17-15-27)21-10-6-5-7-11-21;/h5-7,10-11,20,22H,4,8-9,12-19H2,1-3H3,(H,25,26);1H. The first-order chi connectivity index (χ1) is 15.1. The zero-order chi connectivity index (χ0) is 22.1. The van der Waals surface area contributed by atoms with E-state index in [1.54, 1.807) is 0 Å². The maximum atomic E-state index is 12.0. The second-order valence-corrected chi connectivity index (χ2v) is 8.62. The maximum Gasteiger partial charge on any atom is 0.310 e. The Morgan fingerprint density at radius 3 is 2.50 bits per heavy atom. The third-order valence-corrected chi connectivity index (χ3v) is 6.39. The van der Waals surface area contributed by atoms with E-state index in [2.05, 4.69) is 64.2 Å². The Kier molecular flexibility index (Phi) is 11.6. The fraction of sp³-hybridized carbons (Fsp3) is 0.667. The lowest BCUT2D eigenvalue weighted by Gasteiger charge is -2.36. The molecule has 1 aromatic rings. The molecule has 2 heterocycles. The van der Waals surface area contributed by atoms with Gasteiger partial charge in [-0.2, -0.15) is 0 Å². The summed E-state index contributed by atoms with van der Waals surface area (Å²) in [6.45, 7) is 13.0. The van der Waals surface area contributed by atoms with E-state index in [1.165, 1.54) is 12.8 Å². The van der Waals surface area contributed by atoms with Crippen molar-refractivity contribution in [3.63, 3.8) is 0 Å². The predicted octanol–water partition coefficient (Wildman–Crippen LogP) is 2.91. The molecule has 0 aromatic heterocycles. The van der Waals surface area contributed by atoms with E-state index >= 15 is 0 Å². The number of carbonyl (C=O) groups excluding carboxylic acids is 1. The maximum absolute atomic E-state index is 12.0. The van der Waals surface area contributed by atoms with Crippen molar-refractivity contribution in [1.29, 1.82) is 0 Å². The minimum atomic E-state index is -0.113. The molecule has 0 spiro atoms. The van der Waals surface area contributed by atoms with Crippen molar-refractivity contribution >= 4 is 41.6 Å². The number of hydrogen-bond donors (Lipinski definition) is 1. The third kappa shape index (κ3) is 7.50. The Morgan fingerprint density at radius 1 is 1.12 bits per heavy atom. The van der Waals surface area contributed by atoms with Crippen molar-refractivity contribution in [3.8, 4) is 0 Å². The molecule has 2 aliphatic rings. The summed E-state index contributed by atoms with van der Waals surface area (Å²) >= 11 is 0. The number of benzene rings is 1. The molecule has 1 N–H and O–H groups in total. The van der Waals surface area contributed by atoms with Gasteiger partial charge in [-0.15, -0.1) is 24.0 Å². The first kappa shape index (κ1) is 26.7. The first-order valence-corrected chi connectivity index (χ1v) is 11.8. The number of carbonyl (C=O) groups is 1. The van der Waals surface area contributed by atoms with Crippen LogP contribution in [0.5, 0.6) is 0 Å². The number of nitrogens with zero attached hydrogens (tertiary/aromatic N) is 4. The number of para-hydroxylation sites is 1. The highest BCUT2D eigenvalue weighted by Crippen LogP contribution is 2.24. The van der Waals surface area contributed by atoms with Crippen molar-refractivity contribution in [2.45, 2.75) is 26.7 Å². The van der Waals surface area contributed by atoms with Crippen molar-refractivity contribution in [2.75, 3.05) is 70.9 Å². The summed E-state index contributed by atoms with van der Waals surface area (Å²) in [5, 5.41) is 3.39. The van der Waals surface area contributed by atoms with Gasteiger partial charge in [0, 0.05) is 58.0 Å². The first-order valence-electron chi connectivity index (χ1n) is 11.8. The van der Waals surface area contributed by atoms with Gasteiger partial charge in [-0.25, -0.2) is 0 Å². The molecule has 0 aliphatic carbocycles. The molecule has 2 unspecified atom stereocenters. The van der Waals surface area contributed by atoms with E-state index in [0.29, 0.717) is 6.54 Å². The van der Waals surface area contributed by atoms with Crippen LogP contribution < -0.4 is 10.2 Å². The van der Waals surface area contributed by atoms with Gasteiger partial charge in [-0.1, -0.05) is 25.1 Å². The van der Waals surface area contributed by atoms with Gasteiger partial charge in [0.05, 0.1) is 13.0 Å². The Hall–Kier alpha value is -1.55. The molecule has 2 saturated heterocycles. The third-order valence-electron chi connectivity index (χ3n) is 6.39. The number of piperazine rings is 1. The van der Waals surface area contributed by atoms with Gasteiger partial charge >= 0.3 is 5.97 Å². The Morgan fingerprint density at radius 2 is 1.84 bits per heavy atom. The highest BCUT2D eigenvalue weighted by atomic mass is 127. The molecule has 7 nitrogen and oxygen atoms in total. The van der Waals surface area contributed by atoms with Gasteiger partial charge in [-0.3, -0.25) is 14.7 Å². The van der Waals surface area contributed by atoms with Gasteiger partial charge in [-0.05, 0) is 44.4 Å². The van der Waals surface area contributed by atoms with Gasteiger partial charge in [0.15, 0.2) is 5.96 Å². The number of hydrogen-bond acceptors (Lipinski definition) is 5. The number of unbranched alkanes of at least 4 members (excludes halogenated alkanes) is 1. The summed E-state index contributed by atoms with van der Waals surface area (Å²) in [7, 11) is 1.47. The molecule has 8 heteroatoms. The number of methoxy groups -OCH3 is 1. The molecule has 1 aromatic carbocycles. The van der Waals surface area contributed by atoms with Gasteiger partial charge in [0.25, 0.3) is 0 Å². The predicted molar refractivity (Wildman–Crippen MR) is 142 cm³/mol. The smallest absolute Gasteiger partial charge is 0.310 e. The van der Waals surface area contributed by atoms with Crippen LogP contribution >= 0.6 is 24.0 Å². The Bertz CT molecular complexity index is 710. The van der Waals surface area contributed by atoms with Gasteiger partial charge < -0.3 is 19.9 Å². The molecule has 0 bridgehead atoms. The lowest BCUT2D eigenvalue weighted by molar-refractivity contribution is -0.145. The van der Waals surface area contributed by atoms with Crippen LogP contribution in [0.2, 0.25) is 0 Å². The van der Waals surface area contributed by atoms with E-state index < -0.39 is 0 Å². The summed E-state index contributed by atoms with van der Waals surface area (Å²) in [4.78, 5) is 24.1. The van der Waals surface area contributed by atoms with Crippen molar-refractivity contribution < 1.29 is 9.53 Å². The van der Waals surface area contributed by atoms with E-state index in [4.69, 9.17) is 9.73 Å². The number of nitrogens with one attached hydrogen (secondary N) is 1. The SMILES string of the molecule is CCNC(=NCCCCN1CCN(c2ccccc2)CC1)N1CC(C)C(C(=O)OC)C1.I. The van der Waals surface area contributed by atoms with Crippen LogP contribution in [0.15, 0.2) is 35.3 Å². The minimum absolute atomic E-state index is 0. The number of anilines is 1. The molecule has 0 radical (unpaired) electrons. The highest BCUT2D eigenvalue weighted by molar-refractivity contribution is 14.0. The molecule has 2 aliphatic heterocycles. The monoisotopic (exact) mass is 557 g/mol. The number of likely N-dealkylation sites (tertiary alicyclic amines) is 1. The number of rotatable bonds is 8. The average molecular weight is 558 g/mol. The molecule has 180 valence electrons. The van der Waals surface area contributed by atoms with Gasteiger partial charge in [0.2, 0.25) is 0 Å². The topological polar surface area (TPSA) is 60.4 Å².